The predicted octanol–water partition coefficient (Wildman–Crippen LogP) is 2.27. The minimum Gasteiger partial charge on any atom is -1.00 e. The van der Waals surface area contributed by atoms with E-state index in [0.717, 1.165) is 66.9 Å². The molecule has 0 unspecified atom stereocenters. The number of aryl methyl sites for hydroxylation is 7. The summed E-state index contributed by atoms with van der Waals surface area (Å²) in [6.07, 6.45) is 9.82. The molecule has 0 aliphatic heterocycles. The molecule has 0 bridgehead atoms. The van der Waals surface area contributed by atoms with Crippen LogP contribution in [0.3, 0.4) is 0 Å². The monoisotopic (exact) mass is 588 g/mol. The molecule has 0 atom stereocenters. The van der Waals surface area contributed by atoms with E-state index in [9.17, 15) is 0 Å². The Kier molecular flexibility index (Phi) is 16.8. The van der Waals surface area contributed by atoms with Gasteiger partial charge in [0.15, 0.2) is 0 Å². The van der Waals surface area contributed by atoms with Gasteiger partial charge in [0.2, 0.25) is 0 Å². The Balaban J connectivity index is 0.00000456. The third-order valence-electron chi connectivity index (χ3n) is 6.66. The normalized spacial score (nSPS) is 10.8. The van der Waals surface area contributed by atoms with Gasteiger partial charge < -0.3 is 24.8 Å². The van der Waals surface area contributed by atoms with Gasteiger partial charge in [-0.05, 0) is 96.5 Å². The molecule has 38 heavy (non-hydrogen) atoms. The van der Waals surface area contributed by atoms with Gasteiger partial charge in [-0.1, -0.05) is 65.8 Å². The van der Waals surface area contributed by atoms with E-state index in [4.69, 9.17) is 15.0 Å². The van der Waals surface area contributed by atoms with Crippen molar-refractivity contribution in [1.82, 2.24) is 4.98 Å². The second kappa shape index (κ2) is 17.6. The number of nitrogens with zero attached hydrogens (tertiary/aromatic N) is 3. The fourth-order valence-corrected chi connectivity index (χ4v) is 4.60. The standard InChI is InChI=1S/C32H41N3.2ClH.V/c1-8-23-16-25(10-3)31(26(11-4)17-23)33-20-29-14-22(7)15-30(35-29)21-34-32-27(12-5)18-24(9-2)19-28(32)13-6;;;/h14-21H,8-13H2,1-7H3;2*1H;/q;;;+2/p-2. The number of aliphatic imine (C=N–C) groups is 2. The molecule has 6 heteroatoms. The van der Waals surface area contributed by atoms with Gasteiger partial charge in [0.05, 0.1) is 35.2 Å². The van der Waals surface area contributed by atoms with Crippen molar-refractivity contribution in [3.05, 3.63) is 86.7 Å². The minimum absolute atomic E-state index is 0. The van der Waals surface area contributed by atoms with Crippen LogP contribution in [0.15, 0.2) is 46.4 Å². The molecule has 203 valence electrons. The molecule has 0 spiro atoms. The maximum atomic E-state index is 4.94. The summed E-state index contributed by atoms with van der Waals surface area (Å²) in [6.45, 7) is 15.3. The molecule has 1 radical (unpaired) electrons. The van der Waals surface area contributed by atoms with Gasteiger partial charge in [-0.2, -0.15) is 0 Å². The Bertz CT molecular complexity index is 1090. The van der Waals surface area contributed by atoms with Crippen LogP contribution in [0.25, 0.3) is 0 Å². The van der Waals surface area contributed by atoms with Crippen molar-refractivity contribution in [2.45, 2.75) is 87.0 Å². The molecule has 0 N–H and O–H groups in total. The number of rotatable bonds is 10. The van der Waals surface area contributed by atoms with Crippen molar-refractivity contribution in [3.8, 4) is 0 Å². The van der Waals surface area contributed by atoms with Crippen LogP contribution in [0.1, 0.15) is 91.9 Å². The maximum absolute atomic E-state index is 4.94. The average Bonchev–Trinajstić information content (AvgIpc) is 2.89. The summed E-state index contributed by atoms with van der Waals surface area (Å²) >= 11 is 0. The smallest absolute Gasteiger partial charge is 1.00 e. The minimum atomic E-state index is 0. The van der Waals surface area contributed by atoms with Crippen LogP contribution in [-0.4, -0.2) is 17.4 Å². The number of aromatic nitrogens is 1. The third kappa shape index (κ3) is 9.09. The molecule has 0 amide bonds. The van der Waals surface area contributed by atoms with Gasteiger partial charge in [0.25, 0.3) is 0 Å². The van der Waals surface area contributed by atoms with Crippen molar-refractivity contribution in [3.63, 3.8) is 0 Å². The Morgan fingerprint density at radius 2 is 0.868 bits per heavy atom. The Morgan fingerprint density at radius 3 is 1.13 bits per heavy atom. The van der Waals surface area contributed by atoms with Crippen molar-refractivity contribution in [2.75, 3.05) is 0 Å². The average molecular weight is 590 g/mol. The van der Waals surface area contributed by atoms with Crippen molar-refractivity contribution < 1.29 is 43.4 Å². The molecule has 1 heterocycles. The van der Waals surface area contributed by atoms with E-state index in [-0.39, 0.29) is 43.4 Å². The topological polar surface area (TPSA) is 37.6 Å². The first-order valence-corrected chi connectivity index (χ1v) is 13.3. The SMILES string of the molecule is CCc1cc(CC)c(N=Cc2cc(C)cc(C=Nc3c(CC)cc(CC)cc3CC)n2)c(CC)c1.[Cl-].[Cl-].[V+2]. The zero-order valence-electron chi connectivity index (χ0n) is 23.9. The molecule has 0 aliphatic carbocycles. The molecule has 0 aliphatic rings. The largest absolute Gasteiger partial charge is 2.00 e. The quantitative estimate of drug-likeness (QED) is 0.335. The van der Waals surface area contributed by atoms with Gasteiger partial charge in [0.1, 0.15) is 0 Å². The number of halogens is 2. The molecule has 3 rings (SSSR count). The molecule has 1 aromatic heterocycles. The van der Waals surface area contributed by atoms with E-state index in [2.05, 4.69) is 84.9 Å². The zero-order valence-corrected chi connectivity index (χ0v) is 26.8. The second-order valence-electron chi connectivity index (χ2n) is 9.16. The predicted molar refractivity (Wildman–Crippen MR) is 153 cm³/mol. The molecule has 2 aromatic carbocycles. The molecule has 0 saturated heterocycles. The van der Waals surface area contributed by atoms with Crippen LogP contribution in [-0.2, 0) is 57.1 Å². The number of hydrogen-bond donors (Lipinski definition) is 0. The first-order valence-electron chi connectivity index (χ1n) is 13.3. The summed E-state index contributed by atoms with van der Waals surface area (Å²) in [6, 6.07) is 13.4. The van der Waals surface area contributed by atoms with Crippen LogP contribution in [0, 0.1) is 6.92 Å². The molecule has 0 saturated carbocycles. The fourth-order valence-electron chi connectivity index (χ4n) is 4.60. The van der Waals surface area contributed by atoms with Crippen LogP contribution in [0.5, 0.6) is 0 Å². The van der Waals surface area contributed by atoms with E-state index in [1.165, 1.54) is 33.4 Å². The summed E-state index contributed by atoms with van der Waals surface area (Å²) in [5, 5.41) is 0. The summed E-state index contributed by atoms with van der Waals surface area (Å²) in [5.74, 6) is 0. The molecular formula is C32H41Cl2N3V. The third-order valence-corrected chi connectivity index (χ3v) is 6.66. The second-order valence-corrected chi connectivity index (χ2v) is 9.16. The number of pyridine rings is 1. The van der Waals surface area contributed by atoms with Crippen LogP contribution < -0.4 is 24.8 Å². The van der Waals surface area contributed by atoms with Gasteiger partial charge in [-0.15, -0.1) is 0 Å². The van der Waals surface area contributed by atoms with Gasteiger partial charge in [0, 0.05) is 0 Å². The first kappa shape index (κ1) is 36.1. The zero-order chi connectivity index (χ0) is 25.4. The fraction of sp³-hybridized carbons (Fsp3) is 0.406. The molecule has 0 fully saturated rings. The molecular weight excluding hydrogens is 548 g/mol. The van der Waals surface area contributed by atoms with Gasteiger partial charge in [-0.3, -0.25) is 9.98 Å². The van der Waals surface area contributed by atoms with Crippen molar-refractivity contribution in [2.24, 2.45) is 9.98 Å². The number of benzene rings is 2. The van der Waals surface area contributed by atoms with Crippen molar-refractivity contribution >= 4 is 23.8 Å². The van der Waals surface area contributed by atoms with Gasteiger partial charge in [-0.25, -0.2) is 4.98 Å². The van der Waals surface area contributed by atoms with Gasteiger partial charge >= 0.3 is 18.6 Å². The van der Waals surface area contributed by atoms with E-state index in [1.807, 2.05) is 12.4 Å². The Labute approximate surface area is 254 Å². The van der Waals surface area contributed by atoms with E-state index in [0.29, 0.717) is 0 Å². The molecule has 3 aromatic rings. The van der Waals surface area contributed by atoms with Crippen LogP contribution in [0.2, 0.25) is 0 Å². The first-order chi connectivity index (χ1) is 17.0. The molecule has 3 nitrogen and oxygen atoms in total. The van der Waals surface area contributed by atoms with Crippen LogP contribution >= 0.6 is 0 Å². The maximum Gasteiger partial charge on any atom is 2.00 e. The summed E-state index contributed by atoms with van der Waals surface area (Å²) in [5.41, 5.74) is 13.1. The summed E-state index contributed by atoms with van der Waals surface area (Å²) in [7, 11) is 0. The van der Waals surface area contributed by atoms with E-state index >= 15 is 0 Å². The Hall–Kier alpha value is -1.91. The van der Waals surface area contributed by atoms with Crippen molar-refractivity contribution in [1.29, 1.82) is 0 Å². The van der Waals surface area contributed by atoms with E-state index in [1.54, 1.807) is 0 Å². The van der Waals surface area contributed by atoms with Crippen LogP contribution in [0.4, 0.5) is 11.4 Å². The Morgan fingerprint density at radius 1 is 0.553 bits per heavy atom. The number of hydrogen-bond acceptors (Lipinski definition) is 3. The summed E-state index contributed by atoms with van der Waals surface area (Å²) in [4.78, 5) is 14.7. The van der Waals surface area contributed by atoms with E-state index < -0.39 is 0 Å². The summed E-state index contributed by atoms with van der Waals surface area (Å²) < 4.78 is 0.